The van der Waals surface area contributed by atoms with Crippen molar-refractivity contribution >= 4 is 23.2 Å². The third kappa shape index (κ3) is 4.96. The summed E-state index contributed by atoms with van der Waals surface area (Å²) in [5.41, 5.74) is 2.54. The minimum Gasteiger partial charge on any atom is -0.497 e. The number of piperazine rings is 1. The lowest BCUT2D eigenvalue weighted by Gasteiger charge is -2.38. The molecule has 0 radical (unpaired) electrons. The van der Waals surface area contributed by atoms with Crippen molar-refractivity contribution in [3.8, 4) is 11.5 Å². The number of rotatable bonds is 6. The molecule has 0 unspecified atom stereocenters. The Labute approximate surface area is 216 Å². The summed E-state index contributed by atoms with van der Waals surface area (Å²) in [7, 11) is 3.20. The van der Waals surface area contributed by atoms with Gasteiger partial charge in [0.25, 0.3) is 0 Å². The van der Waals surface area contributed by atoms with E-state index in [1.165, 1.54) is 12.1 Å². The molecule has 2 fully saturated rings. The van der Waals surface area contributed by atoms with Crippen LogP contribution in [0.4, 0.5) is 15.8 Å². The number of benzene rings is 3. The van der Waals surface area contributed by atoms with Gasteiger partial charge in [0.15, 0.2) is 0 Å². The number of hydrogen-bond acceptors (Lipinski definition) is 5. The van der Waals surface area contributed by atoms with Crippen LogP contribution >= 0.6 is 0 Å². The second-order valence-electron chi connectivity index (χ2n) is 9.28. The molecule has 2 heterocycles. The lowest BCUT2D eigenvalue weighted by molar-refractivity contribution is -0.136. The van der Waals surface area contributed by atoms with E-state index in [1.807, 2.05) is 53.4 Å². The van der Waals surface area contributed by atoms with Gasteiger partial charge in [0.1, 0.15) is 17.3 Å². The summed E-state index contributed by atoms with van der Waals surface area (Å²) in [4.78, 5) is 32.9. The van der Waals surface area contributed by atoms with Crippen molar-refractivity contribution in [2.24, 2.45) is 5.92 Å². The fraction of sp³-hybridized carbons (Fsp3) is 0.310. The van der Waals surface area contributed by atoms with Crippen LogP contribution in [0.5, 0.6) is 11.5 Å². The minimum atomic E-state index is -0.514. The van der Waals surface area contributed by atoms with Crippen LogP contribution in [0.3, 0.4) is 0 Å². The largest absolute Gasteiger partial charge is 0.497 e. The Morgan fingerprint density at radius 3 is 1.89 bits per heavy atom. The van der Waals surface area contributed by atoms with Gasteiger partial charge in [-0.05, 0) is 66.2 Å². The monoisotopic (exact) mass is 503 g/mol. The maximum atomic E-state index is 13.9. The van der Waals surface area contributed by atoms with Gasteiger partial charge in [0.05, 0.1) is 26.2 Å². The molecule has 0 spiro atoms. The zero-order chi connectivity index (χ0) is 25.9. The van der Waals surface area contributed by atoms with Crippen LogP contribution in [0, 0.1) is 11.7 Å². The van der Waals surface area contributed by atoms with Crippen LogP contribution in [-0.4, -0.2) is 57.1 Å². The van der Waals surface area contributed by atoms with E-state index in [0.717, 1.165) is 16.9 Å². The molecule has 37 heavy (non-hydrogen) atoms. The average molecular weight is 504 g/mol. The highest BCUT2D eigenvalue weighted by Gasteiger charge is 2.46. The third-order valence-corrected chi connectivity index (χ3v) is 7.23. The summed E-state index contributed by atoms with van der Waals surface area (Å²) in [5, 5.41) is 0. The normalized spacial score (nSPS) is 19.8. The Bertz CT molecular complexity index is 1240. The van der Waals surface area contributed by atoms with E-state index in [-0.39, 0.29) is 24.1 Å². The van der Waals surface area contributed by atoms with E-state index in [1.54, 1.807) is 31.3 Å². The van der Waals surface area contributed by atoms with Crippen molar-refractivity contribution in [3.05, 3.63) is 84.2 Å². The SMILES string of the molecule is COc1ccc([C@H]2[C@@H](C(=O)N3CCN(c4ccc(F)cc4)CC3)CC(=O)N2c2ccc(OC)cc2)cc1. The summed E-state index contributed by atoms with van der Waals surface area (Å²) < 4.78 is 23.9. The van der Waals surface area contributed by atoms with Crippen molar-refractivity contribution in [2.45, 2.75) is 12.5 Å². The lowest BCUT2D eigenvalue weighted by atomic mass is 9.91. The molecule has 192 valence electrons. The Kier molecular flexibility index (Phi) is 6.99. The highest BCUT2D eigenvalue weighted by atomic mass is 19.1. The van der Waals surface area contributed by atoms with Crippen LogP contribution in [0.15, 0.2) is 72.8 Å². The number of halogens is 1. The van der Waals surface area contributed by atoms with Gasteiger partial charge in [0, 0.05) is 44.0 Å². The molecule has 8 heteroatoms. The Balaban J connectivity index is 1.39. The zero-order valence-corrected chi connectivity index (χ0v) is 21.0. The predicted molar refractivity (Wildman–Crippen MR) is 140 cm³/mol. The minimum absolute atomic E-state index is 0.0241. The molecule has 2 amide bonds. The molecule has 2 aliphatic rings. The molecule has 0 aromatic heterocycles. The first-order valence-electron chi connectivity index (χ1n) is 12.4. The number of carbonyl (C=O) groups is 2. The summed E-state index contributed by atoms with van der Waals surface area (Å²) in [6.45, 7) is 2.37. The maximum Gasteiger partial charge on any atom is 0.228 e. The van der Waals surface area contributed by atoms with E-state index in [2.05, 4.69) is 4.90 Å². The van der Waals surface area contributed by atoms with Crippen molar-refractivity contribution in [3.63, 3.8) is 0 Å². The van der Waals surface area contributed by atoms with E-state index < -0.39 is 12.0 Å². The van der Waals surface area contributed by atoms with Crippen LogP contribution in [-0.2, 0) is 9.59 Å². The average Bonchev–Trinajstić information content (AvgIpc) is 3.30. The summed E-state index contributed by atoms with van der Waals surface area (Å²) >= 11 is 0. The molecular formula is C29H30FN3O4. The molecule has 3 aromatic rings. The van der Waals surface area contributed by atoms with Gasteiger partial charge < -0.3 is 24.2 Å². The Morgan fingerprint density at radius 1 is 0.784 bits per heavy atom. The zero-order valence-electron chi connectivity index (χ0n) is 21.0. The van der Waals surface area contributed by atoms with Gasteiger partial charge in [-0.25, -0.2) is 4.39 Å². The third-order valence-electron chi connectivity index (χ3n) is 7.23. The standard InChI is InChI=1S/C29H30FN3O4/c1-36-24-11-3-20(4-12-24)28-26(19-27(34)33(28)23-9-13-25(37-2)14-10-23)29(35)32-17-15-31(16-18-32)22-7-5-21(30)6-8-22/h3-14,26,28H,15-19H2,1-2H3/t26-,28-/m0/s1. The first-order valence-corrected chi connectivity index (χ1v) is 12.4. The topological polar surface area (TPSA) is 62.3 Å². The van der Waals surface area contributed by atoms with Crippen LogP contribution in [0.1, 0.15) is 18.0 Å². The Morgan fingerprint density at radius 2 is 1.32 bits per heavy atom. The molecule has 5 rings (SSSR count). The number of ether oxygens (including phenoxy) is 2. The van der Waals surface area contributed by atoms with E-state index >= 15 is 0 Å². The first-order chi connectivity index (χ1) is 18.0. The summed E-state index contributed by atoms with van der Waals surface area (Å²) in [5.74, 6) is 0.514. The number of hydrogen-bond donors (Lipinski definition) is 0. The molecule has 7 nitrogen and oxygen atoms in total. The first kappa shape index (κ1) is 24.6. The van der Waals surface area contributed by atoms with Crippen LogP contribution in [0.2, 0.25) is 0 Å². The molecular weight excluding hydrogens is 473 g/mol. The van der Waals surface area contributed by atoms with Crippen LogP contribution in [0.25, 0.3) is 0 Å². The Hall–Kier alpha value is -4.07. The van der Waals surface area contributed by atoms with Gasteiger partial charge in [-0.15, -0.1) is 0 Å². The molecule has 2 saturated heterocycles. The molecule has 2 atom stereocenters. The predicted octanol–water partition coefficient (Wildman–Crippen LogP) is 4.29. The highest BCUT2D eigenvalue weighted by molar-refractivity contribution is 6.01. The fourth-order valence-corrected chi connectivity index (χ4v) is 5.26. The fourth-order valence-electron chi connectivity index (χ4n) is 5.26. The second kappa shape index (κ2) is 10.5. The van der Waals surface area contributed by atoms with Gasteiger partial charge in [-0.3, -0.25) is 9.59 Å². The van der Waals surface area contributed by atoms with E-state index in [9.17, 15) is 14.0 Å². The summed E-state index contributed by atoms with van der Waals surface area (Å²) in [6.07, 6.45) is 0.139. The molecule has 0 N–H and O–H groups in total. The number of anilines is 2. The maximum absolute atomic E-state index is 13.9. The van der Waals surface area contributed by atoms with Crippen molar-refractivity contribution in [1.82, 2.24) is 4.90 Å². The highest BCUT2D eigenvalue weighted by Crippen LogP contribution is 2.43. The number of nitrogens with zero attached hydrogens (tertiary/aromatic N) is 3. The van der Waals surface area contributed by atoms with Gasteiger partial charge in [-0.1, -0.05) is 12.1 Å². The van der Waals surface area contributed by atoms with Gasteiger partial charge >= 0.3 is 0 Å². The quantitative estimate of drug-likeness (QED) is 0.502. The van der Waals surface area contributed by atoms with Gasteiger partial charge in [0.2, 0.25) is 11.8 Å². The number of carbonyl (C=O) groups excluding carboxylic acids is 2. The van der Waals surface area contributed by atoms with Gasteiger partial charge in [-0.2, -0.15) is 0 Å². The smallest absolute Gasteiger partial charge is 0.228 e. The molecule has 0 saturated carbocycles. The molecule has 2 aliphatic heterocycles. The molecule has 0 bridgehead atoms. The summed E-state index contributed by atoms with van der Waals surface area (Å²) in [6, 6.07) is 20.9. The number of methoxy groups -OCH3 is 2. The lowest BCUT2D eigenvalue weighted by Crippen LogP contribution is -2.51. The number of amides is 2. The van der Waals surface area contributed by atoms with E-state index in [0.29, 0.717) is 37.7 Å². The molecule has 3 aromatic carbocycles. The van der Waals surface area contributed by atoms with Crippen molar-refractivity contribution < 1.29 is 23.5 Å². The van der Waals surface area contributed by atoms with E-state index in [4.69, 9.17) is 9.47 Å². The second-order valence-corrected chi connectivity index (χ2v) is 9.28. The van der Waals surface area contributed by atoms with Crippen LogP contribution < -0.4 is 19.3 Å². The van der Waals surface area contributed by atoms with Crippen molar-refractivity contribution in [2.75, 3.05) is 50.2 Å². The molecule has 0 aliphatic carbocycles. The van der Waals surface area contributed by atoms with Crippen molar-refractivity contribution in [1.29, 1.82) is 0 Å².